The van der Waals surface area contributed by atoms with Crippen molar-refractivity contribution in [1.29, 1.82) is 0 Å². The third-order valence-corrected chi connectivity index (χ3v) is 3.94. The molecule has 3 nitrogen and oxygen atoms in total. The summed E-state index contributed by atoms with van der Waals surface area (Å²) in [5.74, 6) is 0. The quantitative estimate of drug-likeness (QED) is 0.869. The van der Waals surface area contributed by atoms with Crippen molar-refractivity contribution in [3.05, 3.63) is 28.9 Å². The van der Waals surface area contributed by atoms with Gasteiger partial charge in [-0.15, -0.1) is 0 Å². The smallest absolute Gasteiger partial charge is 0.114 e. The van der Waals surface area contributed by atoms with Gasteiger partial charge >= 0.3 is 0 Å². The molecule has 1 aromatic carbocycles. The second kappa shape index (κ2) is 4.97. The van der Waals surface area contributed by atoms with E-state index in [4.69, 9.17) is 0 Å². The van der Waals surface area contributed by atoms with Crippen LogP contribution in [0, 0.1) is 0 Å². The number of hydrogen-bond acceptors (Lipinski definition) is 2. The van der Waals surface area contributed by atoms with Crippen LogP contribution >= 0.6 is 15.9 Å². The third-order valence-electron chi connectivity index (χ3n) is 3.45. The van der Waals surface area contributed by atoms with E-state index in [2.05, 4.69) is 38.1 Å². The number of aromatic nitrogens is 2. The average molecular weight is 312 g/mol. The Morgan fingerprint density at radius 3 is 3.06 bits per heavy atom. The summed E-state index contributed by atoms with van der Waals surface area (Å²) < 4.78 is 16.1. The van der Waals surface area contributed by atoms with Crippen molar-refractivity contribution in [1.82, 2.24) is 14.7 Å². The van der Waals surface area contributed by atoms with E-state index in [1.54, 1.807) is 0 Å². The van der Waals surface area contributed by atoms with Gasteiger partial charge in [0.15, 0.2) is 0 Å². The van der Waals surface area contributed by atoms with E-state index in [0.29, 0.717) is 13.0 Å². The van der Waals surface area contributed by atoms with Gasteiger partial charge in [0.05, 0.1) is 18.3 Å². The number of hydrogen-bond donors (Lipinski definition) is 0. The maximum Gasteiger partial charge on any atom is 0.114 e. The van der Waals surface area contributed by atoms with Crippen molar-refractivity contribution in [3.8, 4) is 0 Å². The van der Waals surface area contributed by atoms with Crippen LogP contribution in [0.2, 0.25) is 0 Å². The molecule has 96 valence electrons. The summed E-state index contributed by atoms with van der Waals surface area (Å²) in [5, 5.41) is 5.53. The molecule has 1 fully saturated rings. The SMILES string of the molecule is F[C@H]1CCN(CCn2ncc3cc(Br)ccc32)C1. The molecule has 0 spiro atoms. The van der Waals surface area contributed by atoms with Crippen LogP contribution in [0.3, 0.4) is 0 Å². The Labute approximate surface area is 114 Å². The first-order chi connectivity index (χ1) is 8.72. The molecule has 5 heteroatoms. The number of likely N-dealkylation sites (tertiary alicyclic amines) is 1. The molecule has 1 aliphatic heterocycles. The van der Waals surface area contributed by atoms with Gasteiger partial charge in [-0.2, -0.15) is 5.10 Å². The topological polar surface area (TPSA) is 21.1 Å². The minimum absolute atomic E-state index is 0.574. The Balaban J connectivity index is 1.71. The molecule has 3 rings (SSSR count). The largest absolute Gasteiger partial charge is 0.299 e. The molecule has 0 unspecified atom stereocenters. The Hall–Kier alpha value is -0.940. The van der Waals surface area contributed by atoms with E-state index in [9.17, 15) is 4.39 Å². The second-order valence-corrected chi connectivity index (χ2v) is 5.67. The van der Waals surface area contributed by atoms with E-state index in [1.165, 1.54) is 0 Å². The van der Waals surface area contributed by atoms with Crippen molar-refractivity contribution in [2.24, 2.45) is 0 Å². The van der Waals surface area contributed by atoms with Gasteiger partial charge in [-0.25, -0.2) is 4.39 Å². The van der Waals surface area contributed by atoms with Crippen LogP contribution in [0.4, 0.5) is 4.39 Å². The second-order valence-electron chi connectivity index (χ2n) is 4.76. The van der Waals surface area contributed by atoms with E-state index in [1.807, 2.05) is 16.9 Å². The minimum Gasteiger partial charge on any atom is -0.299 e. The Morgan fingerprint density at radius 2 is 2.28 bits per heavy atom. The van der Waals surface area contributed by atoms with Crippen molar-refractivity contribution in [2.45, 2.75) is 19.1 Å². The molecule has 0 saturated carbocycles. The van der Waals surface area contributed by atoms with Gasteiger partial charge in [0.1, 0.15) is 6.17 Å². The highest BCUT2D eigenvalue weighted by Crippen LogP contribution is 2.19. The summed E-state index contributed by atoms with van der Waals surface area (Å²) >= 11 is 3.45. The fourth-order valence-corrected chi connectivity index (χ4v) is 2.84. The molecule has 2 aromatic rings. The fourth-order valence-electron chi connectivity index (χ4n) is 2.46. The third kappa shape index (κ3) is 2.42. The van der Waals surface area contributed by atoms with E-state index in [0.717, 1.165) is 35.0 Å². The van der Waals surface area contributed by atoms with Gasteiger partial charge in [-0.05, 0) is 24.6 Å². The number of benzene rings is 1. The molecule has 1 saturated heterocycles. The van der Waals surface area contributed by atoms with Gasteiger partial charge in [0.25, 0.3) is 0 Å². The molecule has 1 aromatic heterocycles. The first-order valence-electron chi connectivity index (χ1n) is 6.20. The lowest BCUT2D eigenvalue weighted by molar-refractivity contribution is 0.277. The molecule has 0 amide bonds. The first-order valence-corrected chi connectivity index (χ1v) is 6.99. The highest BCUT2D eigenvalue weighted by molar-refractivity contribution is 9.10. The predicted molar refractivity (Wildman–Crippen MR) is 73.4 cm³/mol. The standard InChI is InChI=1S/C13H15BrFN3/c14-11-1-2-13-10(7-11)8-16-18(13)6-5-17-4-3-12(15)9-17/h1-2,7-8,12H,3-6,9H2/t12-/m0/s1. The molecule has 0 N–H and O–H groups in total. The Kier molecular flexibility index (Phi) is 3.35. The van der Waals surface area contributed by atoms with E-state index < -0.39 is 6.17 Å². The fraction of sp³-hybridized carbons (Fsp3) is 0.462. The molecular weight excluding hydrogens is 297 g/mol. The summed E-state index contributed by atoms with van der Waals surface area (Å²) in [6.45, 7) is 3.13. The lowest BCUT2D eigenvalue weighted by Gasteiger charge is -2.14. The van der Waals surface area contributed by atoms with E-state index in [-0.39, 0.29) is 0 Å². The highest BCUT2D eigenvalue weighted by atomic mass is 79.9. The zero-order valence-electron chi connectivity index (χ0n) is 10.0. The van der Waals surface area contributed by atoms with E-state index >= 15 is 0 Å². The molecule has 0 bridgehead atoms. The Morgan fingerprint density at radius 1 is 1.39 bits per heavy atom. The zero-order valence-corrected chi connectivity index (χ0v) is 11.6. The predicted octanol–water partition coefficient (Wildman–Crippen LogP) is 2.84. The number of alkyl halides is 1. The van der Waals surface area contributed by atoms with Crippen LogP contribution in [-0.2, 0) is 6.54 Å². The lowest BCUT2D eigenvalue weighted by Crippen LogP contribution is -2.25. The summed E-state index contributed by atoms with van der Waals surface area (Å²) in [6, 6.07) is 6.15. The van der Waals surface area contributed by atoms with Gasteiger partial charge in [0, 0.05) is 29.5 Å². The van der Waals surface area contributed by atoms with Gasteiger partial charge in [-0.3, -0.25) is 9.58 Å². The maximum absolute atomic E-state index is 13.1. The first kappa shape index (κ1) is 12.1. The lowest BCUT2D eigenvalue weighted by atomic mass is 10.2. The van der Waals surface area contributed by atoms with Crippen LogP contribution in [0.5, 0.6) is 0 Å². The number of fused-ring (bicyclic) bond motifs is 1. The summed E-state index contributed by atoms with van der Waals surface area (Å²) in [6.07, 6.45) is 1.91. The van der Waals surface area contributed by atoms with Crippen molar-refractivity contribution >= 4 is 26.8 Å². The molecule has 0 aliphatic carbocycles. The normalized spacial score (nSPS) is 20.9. The molecule has 0 radical (unpaired) electrons. The van der Waals surface area contributed by atoms with Crippen LogP contribution in [0.25, 0.3) is 10.9 Å². The zero-order chi connectivity index (χ0) is 12.5. The van der Waals surface area contributed by atoms with Crippen LogP contribution in [0.15, 0.2) is 28.9 Å². The van der Waals surface area contributed by atoms with Crippen molar-refractivity contribution in [2.75, 3.05) is 19.6 Å². The summed E-state index contributed by atoms with van der Waals surface area (Å²) in [7, 11) is 0. The number of halogens is 2. The minimum atomic E-state index is -0.643. The highest BCUT2D eigenvalue weighted by Gasteiger charge is 2.21. The summed E-state index contributed by atoms with van der Waals surface area (Å²) in [4.78, 5) is 2.16. The van der Waals surface area contributed by atoms with Crippen molar-refractivity contribution in [3.63, 3.8) is 0 Å². The average Bonchev–Trinajstić information content (AvgIpc) is 2.92. The molecule has 18 heavy (non-hydrogen) atoms. The summed E-state index contributed by atoms with van der Waals surface area (Å²) in [5.41, 5.74) is 1.13. The molecular formula is C13H15BrFN3. The monoisotopic (exact) mass is 311 g/mol. The number of nitrogens with zero attached hydrogens (tertiary/aromatic N) is 3. The molecule has 1 atom stereocenters. The maximum atomic E-state index is 13.1. The number of rotatable bonds is 3. The van der Waals surface area contributed by atoms with Gasteiger partial charge < -0.3 is 0 Å². The van der Waals surface area contributed by atoms with Gasteiger partial charge in [0.2, 0.25) is 0 Å². The van der Waals surface area contributed by atoms with Crippen LogP contribution in [0.1, 0.15) is 6.42 Å². The van der Waals surface area contributed by atoms with Crippen LogP contribution < -0.4 is 0 Å². The van der Waals surface area contributed by atoms with Gasteiger partial charge in [-0.1, -0.05) is 15.9 Å². The Bertz CT molecular complexity index is 554. The molecule has 2 heterocycles. The molecule has 1 aliphatic rings. The van der Waals surface area contributed by atoms with Crippen molar-refractivity contribution < 1.29 is 4.39 Å². The van der Waals surface area contributed by atoms with Crippen LogP contribution in [-0.4, -0.2) is 40.5 Å².